The van der Waals surface area contributed by atoms with Gasteiger partial charge in [0.15, 0.2) is 0 Å². The predicted molar refractivity (Wildman–Crippen MR) is 71.4 cm³/mol. The molecule has 1 fully saturated rings. The number of rotatable bonds is 5. The molecule has 0 bridgehead atoms. The van der Waals surface area contributed by atoms with E-state index in [-0.39, 0.29) is 6.04 Å². The normalized spacial score (nSPS) is 17.3. The fourth-order valence-electron chi connectivity index (χ4n) is 2.46. The monoisotopic (exact) mass is 244 g/mol. The van der Waals surface area contributed by atoms with E-state index in [2.05, 4.69) is 11.4 Å². The molecule has 1 saturated carbocycles. The molecule has 96 valence electrons. The Morgan fingerprint density at radius 1 is 1.33 bits per heavy atom. The van der Waals surface area contributed by atoms with E-state index >= 15 is 0 Å². The maximum absolute atomic E-state index is 9.27. The van der Waals surface area contributed by atoms with Gasteiger partial charge >= 0.3 is 0 Å². The highest BCUT2D eigenvalue weighted by Gasteiger charge is 2.19. The van der Waals surface area contributed by atoms with Crippen LogP contribution in [0.2, 0.25) is 0 Å². The lowest BCUT2D eigenvalue weighted by Crippen LogP contribution is -2.29. The molecule has 1 atom stereocenters. The van der Waals surface area contributed by atoms with Crippen LogP contribution in [-0.4, -0.2) is 12.6 Å². The molecule has 1 unspecified atom stereocenters. The molecule has 0 spiro atoms. The quantitative estimate of drug-likeness (QED) is 0.865. The number of benzene rings is 1. The summed E-state index contributed by atoms with van der Waals surface area (Å²) in [6, 6.07) is 10.4. The third-order valence-electron chi connectivity index (χ3n) is 3.41. The molecule has 0 saturated heterocycles. The van der Waals surface area contributed by atoms with E-state index in [4.69, 9.17) is 4.74 Å². The molecule has 3 nitrogen and oxygen atoms in total. The van der Waals surface area contributed by atoms with Gasteiger partial charge in [-0.1, -0.05) is 25.0 Å². The molecule has 1 aromatic rings. The van der Waals surface area contributed by atoms with E-state index in [1.165, 1.54) is 25.7 Å². The zero-order valence-electron chi connectivity index (χ0n) is 10.9. The maximum atomic E-state index is 9.27. The summed E-state index contributed by atoms with van der Waals surface area (Å²) in [5, 5.41) is 12.7. The van der Waals surface area contributed by atoms with E-state index in [0.717, 1.165) is 11.3 Å². The molecule has 1 aliphatic rings. The Morgan fingerprint density at radius 2 is 2.00 bits per heavy atom. The summed E-state index contributed by atoms with van der Waals surface area (Å²) in [6.45, 7) is 2.63. The van der Waals surface area contributed by atoms with Gasteiger partial charge in [0.2, 0.25) is 0 Å². The van der Waals surface area contributed by atoms with Gasteiger partial charge in [0.05, 0.1) is 12.7 Å². The second-order valence-corrected chi connectivity index (χ2v) is 4.71. The summed E-state index contributed by atoms with van der Waals surface area (Å²) in [5.41, 5.74) is 1.02. The van der Waals surface area contributed by atoms with Gasteiger partial charge in [-0.15, -0.1) is 0 Å². The topological polar surface area (TPSA) is 45.0 Å². The zero-order valence-corrected chi connectivity index (χ0v) is 10.9. The Kier molecular flexibility index (Phi) is 4.60. The van der Waals surface area contributed by atoms with Crippen LogP contribution in [0.3, 0.4) is 0 Å². The van der Waals surface area contributed by atoms with Crippen molar-refractivity contribution in [3.63, 3.8) is 0 Å². The first-order valence-electron chi connectivity index (χ1n) is 6.72. The lowest BCUT2D eigenvalue weighted by molar-refractivity contribution is 0.340. The van der Waals surface area contributed by atoms with Crippen molar-refractivity contribution >= 4 is 0 Å². The average Bonchev–Trinajstić information content (AvgIpc) is 2.90. The van der Waals surface area contributed by atoms with Crippen LogP contribution in [0.1, 0.15) is 44.2 Å². The van der Waals surface area contributed by atoms with E-state index in [1.54, 1.807) is 0 Å². The summed E-state index contributed by atoms with van der Waals surface area (Å²) in [7, 11) is 0. The third-order valence-corrected chi connectivity index (χ3v) is 3.41. The number of nitrogens with zero attached hydrogens (tertiary/aromatic N) is 1. The van der Waals surface area contributed by atoms with E-state index in [9.17, 15) is 5.26 Å². The summed E-state index contributed by atoms with van der Waals surface area (Å²) < 4.78 is 5.40. The molecule has 0 amide bonds. The fraction of sp³-hybridized carbons (Fsp3) is 0.533. The molecule has 0 aromatic heterocycles. The second kappa shape index (κ2) is 6.42. The van der Waals surface area contributed by atoms with Crippen molar-refractivity contribution in [1.82, 2.24) is 5.32 Å². The van der Waals surface area contributed by atoms with Gasteiger partial charge in [0.1, 0.15) is 11.8 Å². The first-order chi connectivity index (χ1) is 8.83. The van der Waals surface area contributed by atoms with Crippen LogP contribution in [-0.2, 0) is 0 Å². The van der Waals surface area contributed by atoms with Gasteiger partial charge in [0.25, 0.3) is 0 Å². The highest BCUT2D eigenvalue weighted by atomic mass is 16.5. The lowest BCUT2D eigenvalue weighted by Gasteiger charge is -2.17. The highest BCUT2D eigenvalue weighted by Crippen LogP contribution is 2.23. The van der Waals surface area contributed by atoms with Gasteiger partial charge in [0, 0.05) is 6.04 Å². The van der Waals surface area contributed by atoms with Gasteiger partial charge in [-0.3, -0.25) is 5.32 Å². The largest absolute Gasteiger partial charge is 0.494 e. The number of hydrogen-bond donors (Lipinski definition) is 1. The molecule has 0 heterocycles. The van der Waals surface area contributed by atoms with Crippen LogP contribution in [0.4, 0.5) is 0 Å². The molecule has 2 rings (SSSR count). The van der Waals surface area contributed by atoms with Crippen LogP contribution in [0.25, 0.3) is 0 Å². The molecule has 1 N–H and O–H groups in total. The van der Waals surface area contributed by atoms with Gasteiger partial charge in [-0.05, 0) is 37.5 Å². The summed E-state index contributed by atoms with van der Waals surface area (Å²) in [6.07, 6.45) is 4.93. The number of hydrogen-bond acceptors (Lipinski definition) is 3. The zero-order chi connectivity index (χ0) is 12.8. The van der Waals surface area contributed by atoms with Gasteiger partial charge in [-0.25, -0.2) is 0 Å². The van der Waals surface area contributed by atoms with E-state index in [1.807, 2.05) is 31.2 Å². The molecular weight excluding hydrogens is 224 g/mol. The van der Waals surface area contributed by atoms with Crippen LogP contribution < -0.4 is 10.1 Å². The van der Waals surface area contributed by atoms with Crippen LogP contribution in [0.15, 0.2) is 24.3 Å². The standard InChI is InChI=1S/C15H20N2O/c1-2-18-14-9-7-12(8-10-14)15(11-16)17-13-5-3-4-6-13/h7-10,13,15,17H,2-6H2,1H3. The van der Waals surface area contributed by atoms with Gasteiger partial charge in [-0.2, -0.15) is 5.26 Å². The first-order valence-corrected chi connectivity index (χ1v) is 6.72. The smallest absolute Gasteiger partial charge is 0.121 e. The maximum Gasteiger partial charge on any atom is 0.121 e. The molecular formula is C15H20N2O. The minimum Gasteiger partial charge on any atom is -0.494 e. The van der Waals surface area contributed by atoms with Crippen molar-refractivity contribution in [1.29, 1.82) is 5.26 Å². The van der Waals surface area contributed by atoms with Crippen molar-refractivity contribution in [2.24, 2.45) is 0 Å². The Morgan fingerprint density at radius 3 is 2.56 bits per heavy atom. The van der Waals surface area contributed by atoms with Crippen molar-refractivity contribution in [2.45, 2.75) is 44.7 Å². The number of nitrogens with one attached hydrogen (secondary N) is 1. The van der Waals surface area contributed by atoms with Crippen molar-refractivity contribution in [3.8, 4) is 11.8 Å². The molecule has 1 aromatic carbocycles. The minimum absolute atomic E-state index is 0.205. The Labute approximate surface area is 109 Å². The summed E-state index contributed by atoms with van der Waals surface area (Å²) in [4.78, 5) is 0. The molecule has 18 heavy (non-hydrogen) atoms. The first kappa shape index (κ1) is 12.9. The lowest BCUT2D eigenvalue weighted by atomic mass is 10.1. The van der Waals surface area contributed by atoms with Gasteiger partial charge < -0.3 is 4.74 Å². The van der Waals surface area contributed by atoms with Crippen molar-refractivity contribution < 1.29 is 4.74 Å². The number of nitriles is 1. The molecule has 3 heteroatoms. The van der Waals surface area contributed by atoms with Crippen molar-refractivity contribution in [3.05, 3.63) is 29.8 Å². The Hall–Kier alpha value is -1.53. The highest BCUT2D eigenvalue weighted by molar-refractivity contribution is 5.31. The van der Waals surface area contributed by atoms with E-state index < -0.39 is 0 Å². The third kappa shape index (κ3) is 3.24. The van der Waals surface area contributed by atoms with Crippen LogP contribution in [0, 0.1) is 11.3 Å². The summed E-state index contributed by atoms with van der Waals surface area (Å²) in [5.74, 6) is 0.860. The second-order valence-electron chi connectivity index (χ2n) is 4.71. The van der Waals surface area contributed by atoms with Crippen molar-refractivity contribution in [2.75, 3.05) is 6.61 Å². The summed E-state index contributed by atoms with van der Waals surface area (Å²) >= 11 is 0. The van der Waals surface area contributed by atoms with Crippen LogP contribution in [0.5, 0.6) is 5.75 Å². The molecule has 0 radical (unpaired) electrons. The minimum atomic E-state index is -0.205. The molecule has 0 aliphatic heterocycles. The van der Waals surface area contributed by atoms with E-state index in [0.29, 0.717) is 12.6 Å². The van der Waals surface area contributed by atoms with Crippen LogP contribution >= 0.6 is 0 Å². The fourth-order valence-corrected chi connectivity index (χ4v) is 2.46. The average molecular weight is 244 g/mol. The predicted octanol–water partition coefficient (Wildman–Crippen LogP) is 3.18. The number of ether oxygens (including phenoxy) is 1. The Bertz CT molecular complexity index is 401. The SMILES string of the molecule is CCOc1ccc(C(C#N)NC2CCCC2)cc1. The molecule has 1 aliphatic carbocycles. The Balaban J connectivity index is 2.00.